The molecule has 1 saturated heterocycles. The van der Waals surface area contributed by atoms with Crippen molar-refractivity contribution in [2.24, 2.45) is 0 Å². The number of nitrogens with zero attached hydrogens (tertiary/aromatic N) is 3. The molecule has 5 heteroatoms. The van der Waals surface area contributed by atoms with Gasteiger partial charge < -0.3 is 10.0 Å². The van der Waals surface area contributed by atoms with E-state index in [4.69, 9.17) is 5.11 Å². The Balaban J connectivity index is 1.77. The highest BCUT2D eigenvalue weighted by atomic mass is 16.3. The number of amides is 1. The van der Waals surface area contributed by atoms with E-state index in [1.54, 1.807) is 0 Å². The minimum Gasteiger partial charge on any atom is -0.395 e. The number of carbonyl (C=O) groups is 1. The van der Waals surface area contributed by atoms with Gasteiger partial charge in [0.1, 0.15) is 0 Å². The van der Waals surface area contributed by atoms with Crippen LogP contribution in [-0.4, -0.2) is 84.2 Å². The lowest BCUT2D eigenvalue weighted by atomic mass is 10.3. The molecule has 0 radical (unpaired) electrons. The number of rotatable bonds is 6. The molecule has 1 aliphatic heterocycles. The fraction of sp³-hybridized carbons (Fsp3) is 0.929. The maximum absolute atomic E-state index is 12.3. The highest BCUT2D eigenvalue weighted by Gasteiger charge is 2.32. The van der Waals surface area contributed by atoms with Gasteiger partial charge in [-0.25, -0.2) is 0 Å². The molecule has 0 unspecified atom stereocenters. The monoisotopic (exact) mass is 269 g/mol. The number of hydrogen-bond donors (Lipinski definition) is 1. The van der Waals surface area contributed by atoms with E-state index in [-0.39, 0.29) is 6.61 Å². The number of carbonyl (C=O) groups excluding carboxylic acids is 1. The Morgan fingerprint density at radius 3 is 2.53 bits per heavy atom. The van der Waals surface area contributed by atoms with Crippen LogP contribution < -0.4 is 0 Å². The smallest absolute Gasteiger partial charge is 0.236 e. The zero-order chi connectivity index (χ0) is 13.7. The van der Waals surface area contributed by atoms with Crippen LogP contribution in [0.3, 0.4) is 0 Å². The third kappa shape index (κ3) is 4.44. The number of hydrogen-bond acceptors (Lipinski definition) is 4. The van der Waals surface area contributed by atoms with E-state index in [2.05, 4.69) is 16.7 Å². The van der Waals surface area contributed by atoms with E-state index in [9.17, 15) is 4.79 Å². The van der Waals surface area contributed by atoms with Gasteiger partial charge in [-0.1, -0.05) is 0 Å². The summed E-state index contributed by atoms with van der Waals surface area (Å²) in [5.74, 6) is 0.292. The Labute approximate surface area is 116 Å². The van der Waals surface area contributed by atoms with Gasteiger partial charge in [0.25, 0.3) is 0 Å². The van der Waals surface area contributed by atoms with Gasteiger partial charge >= 0.3 is 0 Å². The minimum absolute atomic E-state index is 0.226. The fourth-order valence-corrected chi connectivity index (χ4v) is 2.85. The van der Waals surface area contributed by atoms with Crippen LogP contribution >= 0.6 is 0 Å². The Bertz CT molecular complexity index is 294. The zero-order valence-corrected chi connectivity index (χ0v) is 12.1. The summed E-state index contributed by atoms with van der Waals surface area (Å²) in [6.45, 7) is 8.39. The van der Waals surface area contributed by atoms with Crippen LogP contribution in [0.4, 0.5) is 0 Å². The maximum atomic E-state index is 12.3. The summed E-state index contributed by atoms with van der Waals surface area (Å²) in [6, 6.07) is 0.523. The molecule has 0 aromatic carbocycles. The number of β-amino-alcohol motifs (C(OH)–C–C–N with tert-alkyl or cyclic N) is 1. The van der Waals surface area contributed by atoms with Gasteiger partial charge in [-0.2, -0.15) is 0 Å². The molecular weight excluding hydrogens is 242 g/mol. The Kier molecular flexibility index (Phi) is 5.60. The lowest BCUT2D eigenvalue weighted by Gasteiger charge is -2.25. The Morgan fingerprint density at radius 2 is 1.89 bits per heavy atom. The van der Waals surface area contributed by atoms with Crippen molar-refractivity contribution in [3.63, 3.8) is 0 Å². The summed E-state index contributed by atoms with van der Waals surface area (Å²) in [5, 5.41) is 8.98. The lowest BCUT2D eigenvalue weighted by Crippen LogP contribution is -2.42. The molecule has 2 aliphatic rings. The second-order valence-corrected chi connectivity index (χ2v) is 5.61. The van der Waals surface area contributed by atoms with Crippen molar-refractivity contribution in [1.82, 2.24) is 14.7 Å². The molecule has 1 aliphatic carbocycles. The molecule has 0 aromatic heterocycles. The van der Waals surface area contributed by atoms with Crippen molar-refractivity contribution in [3.8, 4) is 0 Å². The quantitative estimate of drug-likeness (QED) is 0.737. The molecule has 0 atom stereocenters. The first-order valence-electron chi connectivity index (χ1n) is 7.59. The normalized spacial score (nSPS) is 22.2. The Hall–Kier alpha value is -0.650. The van der Waals surface area contributed by atoms with Gasteiger partial charge in [0.2, 0.25) is 5.91 Å². The van der Waals surface area contributed by atoms with Crippen LogP contribution in [0.5, 0.6) is 0 Å². The fourth-order valence-electron chi connectivity index (χ4n) is 2.85. The summed E-state index contributed by atoms with van der Waals surface area (Å²) in [6.07, 6.45) is 3.45. The molecule has 1 saturated carbocycles. The third-order valence-electron chi connectivity index (χ3n) is 4.10. The van der Waals surface area contributed by atoms with Crippen LogP contribution in [0.15, 0.2) is 0 Å². The van der Waals surface area contributed by atoms with Crippen LogP contribution in [-0.2, 0) is 4.79 Å². The van der Waals surface area contributed by atoms with Gasteiger partial charge in [0, 0.05) is 32.2 Å². The van der Waals surface area contributed by atoms with Gasteiger partial charge in [-0.05, 0) is 39.3 Å². The third-order valence-corrected chi connectivity index (χ3v) is 4.10. The number of aliphatic hydroxyl groups is 1. The average Bonchev–Trinajstić information content (AvgIpc) is 3.20. The summed E-state index contributed by atoms with van der Waals surface area (Å²) in [7, 11) is 0. The van der Waals surface area contributed by atoms with Crippen LogP contribution in [0, 0.1) is 0 Å². The van der Waals surface area contributed by atoms with Gasteiger partial charge in [0.05, 0.1) is 13.2 Å². The highest BCUT2D eigenvalue weighted by Crippen LogP contribution is 2.26. The van der Waals surface area contributed by atoms with Crippen LogP contribution in [0.1, 0.15) is 26.2 Å². The molecule has 0 spiro atoms. The van der Waals surface area contributed by atoms with Crippen molar-refractivity contribution >= 4 is 5.91 Å². The predicted molar refractivity (Wildman–Crippen MR) is 75.0 cm³/mol. The Morgan fingerprint density at radius 1 is 1.21 bits per heavy atom. The summed E-state index contributed by atoms with van der Waals surface area (Å²) < 4.78 is 0. The molecule has 2 rings (SSSR count). The molecule has 0 aromatic rings. The van der Waals surface area contributed by atoms with E-state index in [0.29, 0.717) is 18.5 Å². The second kappa shape index (κ2) is 7.22. The van der Waals surface area contributed by atoms with Gasteiger partial charge in [-0.3, -0.25) is 14.6 Å². The SMILES string of the molecule is CCN(C(=O)CN1CCCN(CCO)CC1)C1CC1. The molecule has 1 amide bonds. The zero-order valence-electron chi connectivity index (χ0n) is 12.1. The van der Waals surface area contributed by atoms with Crippen LogP contribution in [0.25, 0.3) is 0 Å². The molecule has 5 nitrogen and oxygen atoms in total. The topological polar surface area (TPSA) is 47.0 Å². The average molecular weight is 269 g/mol. The first kappa shape index (κ1) is 14.8. The van der Waals surface area contributed by atoms with E-state index >= 15 is 0 Å². The van der Waals surface area contributed by atoms with Crippen LogP contribution in [0.2, 0.25) is 0 Å². The molecule has 110 valence electrons. The molecule has 0 bridgehead atoms. The molecular formula is C14H27N3O2. The largest absolute Gasteiger partial charge is 0.395 e. The first-order chi connectivity index (χ1) is 9.24. The van der Waals surface area contributed by atoms with Gasteiger partial charge in [-0.15, -0.1) is 0 Å². The number of likely N-dealkylation sites (N-methyl/N-ethyl adjacent to an activating group) is 1. The van der Waals surface area contributed by atoms with Crippen molar-refractivity contribution in [2.45, 2.75) is 32.2 Å². The van der Waals surface area contributed by atoms with Crippen molar-refractivity contribution in [1.29, 1.82) is 0 Å². The molecule has 1 heterocycles. The standard InChI is InChI=1S/C14H27N3O2/c1-2-17(13-4-5-13)14(19)12-16-7-3-6-15(8-9-16)10-11-18/h13,18H,2-12H2,1H3. The minimum atomic E-state index is 0.226. The molecule has 1 N–H and O–H groups in total. The van der Waals surface area contributed by atoms with E-state index < -0.39 is 0 Å². The van der Waals surface area contributed by atoms with E-state index in [0.717, 1.165) is 45.7 Å². The molecule has 19 heavy (non-hydrogen) atoms. The lowest BCUT2D eigenvalue weighted by molar-refractivity contribution is -0.132. The highest BCUT2D eigenvalue weighted by molar-refractivity contribution is 5.78. The summed E-state index contributed by atoms with van der Waals surface area (Å²) >= 11 is 0. The van der Waals surface area contributed by atoms with E-state index in [1.807, 2.05) is 4.90 Å². The summed E-state index contributed by atoms with van der Waals surface area (Å²) in [4.78, 5) is 18.9. The molecule has 2 fully saturated rings. The van der Waals surface area contributed by atoms with Crippen molar-refractivity contribution < 1.29 is 9.90 Å². The maximum Gasteiger partial charge on any atom is 0.236 e. The second-order valence-electron chi connectivity index (χ2n) is 5.61. The number of aliphatic hydroxyl groups excluding tert-OH is 1. The van der Waals surface area contributed by atoms with Crippen molar-refractivity contribution in [3.05, 3.63) is 0 Å². The van der Waals surface area contributed by atoms with Gasteiger partial charge in [0.15, 0.2) is 0 Å². The predicted octanol–water partition coefficient (Wildman–Crippen LogP) is -0.00270. The van der Waals surface area contributed by atoms with Crippen molar-refractivity contribution in [2.75, 3.05) is 52.4 Å². The van der Waals surface area contributed by atoms with E-state index in [1.165, 1.54) is 12.8 Å². The first-order valence-corrected chi connectivity index (χ1v) is 7.59. The summed E-state index contributed by atoms with van der Waals surface area (Å²) in [5.41, 5.74) is 0.